The van der Waals surface area contributed by atoms with Gasteiger partial charge in [0.25, 0.3) is 0 Å². The summed E-state index contributed by atoms with van der Waals surface area (Å²) in [5.74, 6) is 0. The number of rotatable bonds is 9. The van der Waals surface area contributed by atoms with Crippen LogP contribution in [0, 0.1) is 0 Å². The molecule has 0 aromatic heterocycles. The standard InChI is InChI=1S/C10H15N2.C9H15N.C8H16.C3H6.K/c1-8(11)7-9-3-5-10(12-2)6-4-9;1-3-6-9(2)10-7-4-5-8-10;1-3-5-7-8-6-4-2;1-3-2;/h3-6,8,11-12H,7H2,1-2H3;3,6H,1,4-5,7-8H2,2H3;3,5H,4,6-8H2,1-2H3;3H,1H2,2H3;/q-1;;;;+1/b;9-6+;;;. The first-order chi connectivity index (χ1) is 15.9. The molecule has 1 aliphatic heterocycles. The van der Waals surface area contributed by atoms with E-state index in [0.717, 1.165) is 12.1 Å². The average Bonchev–Trinajstić information content (AvgIpc) is 3.34. The van der Waals surface area contributed by atoms with Crippen molar-refractivity contribution in [2.45, 2.75) is 85.6 Å². The molecule has 1 aromatic carbocycles. The maximum Gasteiger partial charge on any atom is 1.00 e. The number of hydrogen-bond donors (Lipinski definition) is 1. The van der Waals surface area contributed by atoms with Gasteiger partial charge in [0, 0.05) is 31.5 Å². The molecule has 2 rings (SSSR count). The molecule has 1 fully saturated rings. The number of likely N-dealkylation sites (tertiary alicyclic amines) is 1. The van der Waals surface area contributed by atoms with E-state index in [1.54, 1.807) is 6.08 Å². The van der Waals surface area contributed by atoms with Gasteiger partial charge in [-0.25, -0.2) is 0 Å². The first-order valence-electron chi connectivity index (χ1n) is 12.6. The second-order valence-electron chi connectivity index (χ2n) is 8.26. The predicted molar refractivity (Wildman–Crippen MR) is 153 cm³/mol. The Morgan fingerprint density at radius 3 is 2.09 bits per heavy atom. The molecule has 188 valence electrons. The molecule has 0 spiro atoms. The van der Waals surface area contributed by atoms with Gasteiger partial charge in [0.2, 0.25) is 0 Å². The summed E-state index contributed by atoms with van der Waals surface area (Å²) in [5, 5.41) is 3.06. The number of hydrogen-bond acceptors (Lipinski definition) is 2. The molecule has 4 heteroatoms. The second-order valence-corrected chi connectivity index (χ2v) is 8.26. The molecule has 34 heavy (non-hydrogen) atoms. The van der Waals surface area contributed by atoms with E-state index in [4.69, 9.17) is 5.73 Å². The molecular weight excluding hydrogens is 441 g/mol. The number of nitrogens with zero attached hydrogens (tertiary/aromatic N) is 1. The summed E-state index contributed by atoms with van der Waals surface area (Å²) in [6.07, 6.45) is 18.9. The van der Waals surface area contributed by atoms with E-state index < -0.39 is 0 Å². The molecule has 1 aromatic rings. The van der Waals surface area contributed by atoms with Crippen LogP contribution in [0.4, 0.5) is 5.69 Å². The Balaban J connectivity index is -0.000000402. The van der Waals surface area contributed by atoms with Gasteiger partial charge in [-0.3, -0.25) is 0 Å². The van der Waals surface area contributed by atoms with Crippen LogP contribution in [0.1, 0.15) is 78.7 Å². The second kappa shape index (κ2) is 28.6. The molecule has 0 bridgehead atoms. The van der Waals surface area contributed by atoms with Crippen LogP contribution in [-0.2, 0) is 6.42 Å². The topological polar surface area (TPSA) is 39.1 Å². The maximum atomic E-state index is 7.40. The van der Waals surface area contributed by atoms with E-state index in [0.29, 0.717) is 0 Å². The molecule has 0 aliphatic carbocycles. The normalized spacial score (nSPS) is 13.1. The van der Waals surface area contributed by atoms with Crippen LogP contribution in [-0.4, -0.2) is 31.1 Å². The SMILES string of the molecule is C=C/C=C(\C)N1CCCC1.C=CC.CC=CCCCCC.CNc1ccc(CC(C)[NH-])cc1.[K+]. The Kier molecular flexibility index (Phi) is 31.9. The van der Waals surface area contributed by atoms with Crippen molar-refractivity contribution >= 4 is 5.69 Å². The predicted octanol–water partition coefficient (Wildman–Crippen LogP) is 6.22. The van der Waals surface area contributed by atoms with Crippen LogP contribution >= 0.6 is 0 Å². The smallest absolute Gasteiger partial charge is 0.675 e. The van der Waals surface area contributed by atoms with Crippen molar-refractivity contribution in [1.82, 2.24) is 4.90 Å². The van der Waals surface area contributed by atoms with Crippen molar-refractivity contribution in [2.75, 3.05) is 25.5 Å². The van der Waals surface area contributed by atoms with Crippen molar-refractivity contribution in [3.05, 3.63) is 84.8 Å². The fraction of sp³-hybridized carbons (Fsp3) is 0.533. The summed E-state index contributed by atoms with van der Waals surface area (Å²) in [6.45, 7) is 19.7. The molecule has 0 amide bonds. The molecule has 1 atom stereocenters. The van der Waals surface area contributed by atoms with Gasteiger partial charge in [-0.1, -0.05) is 69.7 Å². The molecule has 1 heterocycles. The molecule has 0 saturated carbocycles. The zero-order valence-corrected chi connectivity index (χ0v) is 26.6. The van der Waals surface area contributed by atoms with Gasteiger partial charge in [0.05, 0.1) is 0 Å². The number of anilines is 1. The fourth-order valence-corrected chi connectivity index (χ4v) is 3.19. The van der Waals surface area contributed by atoms with E-state index in [1.165, 1.54) is 62.9 Å². The van der Waals surface area contributed by atoms with Crippen molar-refractivity contribution in [3.8, 4) is 0 Å². The van der Waals surface area contributed by atoms with Gasteiger partial charge in [-0.2, -0.15) is 0 Å². The van der Waals surface area contributed by atoms with Gasteiger partial charge in [-0.05, 0) is 76.6 Å². The summed E-state index contributed by atoms with van der Waals surface area (Å²) >= 11 is 0. The number of unbranched alkanes of at least 4 members (excludes halogenated alkanes) is 3. The summed E-state index contributed by atoms with van der Waals surface area (Å²) < 4.78 is 0. The molecule has 1 saturated heterocycles. The quantitative estimate of drug-likeness (QED) is 0.192. The third-order valence-corrected chi connectivity index (χ3v) is 4.96. The third kappa shape index (κ3) is 24.5. The average molecular weight is 494 g/mol. The number of nitrogens with one attached hydrogen (secondary N) is 2. The van der Waals surface area contributed by atoms with Gasteiger partial charge in [0.1, 0.15) is 0 Å². The van der Waals surface area contributed by atoms with E-state index in [-0.39, 0.29) is 57.4 Å². The van der Waals surface area contributed by atoms with Crippen LogP contribution in [0.25, 0.3) is 5.73 Å². The third-order valence-electron chi connectivity index (χ3n) is 4.96. The largest absolute Gasteiger partial charge is 1.00 e. The van der Waals surface area contributed by atoms with Crippen molar-refractivity contribution in [2.24, 2.45) is 0 Å². The van der Waals surface area contributed by atoms with E-state index in [9.17, 15) is 0 Å². The van der Waals surface area contributed by atoms with Gasteiger partial charge < -0.3 is 16.0 Å². The summed E-state index contributed by atoms with van der Waals surface area (Å²) in [4.78, 5) is 2.40. The van der Waals surface area contributed by atoms with E-state index >= 15 is 0 Å². The minimum absolute atomic E-state index is 0. The molecule has 1 unspecified atom stereocenters. The zero-order valence-electron chi connectivity index (χ0n) is 23.5. The molecule has 1 aliphatic rings. The number of allylic oxidation sites excluding steroid dienone is 6. The molecular formula is C30H52KN3. The van der Waals surface area contributed by atoms with Gasteiger partial charge in [0.15, 0.2) is 0 Å². The molecule has 2 N–H and O–H groups in total. The Bertz CT molecular complexity index is 627. The Hall–Kier alpha value is -0.624. The van der Waals surface area contributed by atoms with Crippen LogP contribution < -0.4 is 56.7 Å². The first kappa shape index (κ1) is 37.9. The fourth-order valence-electron chi connectivity index (χ4n) is 3.19. The Morgan fingerprint density at radius 1 is 1.12 bits per heavy atom. The first-order valence-corrected chi connectivity index (χ1v) is 12.6. The molecule has 3 nitrogen and oxygen atoms in total. The van der Waals surface area contributed by atoms with Crippen LogP contribution in [0.5, 0.6) is 0 Å². The Morgan fingerprint density at radius 2 is 1.68 bits per heavy atom. The monoisotopic (exact) mass is 493 g/mol. The van der Waals surface area contributed by atoms with Gasteiger partial charge in [-0.15, -0.1) is 12.6 Å². The summed E-state index contributed by atoms with van der Waals surface area (Å²) in [6, 6.07) is 8.20. The minimum atomic E-state index is -0.00886. The maximum absolute atomic E-state index is 7.40. The minimum Gasteiger partial charge on any atom is -0.675 e. The Labute approximate surface area is 255 Å². The van der Waals surface area contributed by atoms with Crippen LogP contribution in [0.3, 0.4) is 0 Å². The molecule has 0 radical (unpaired) electrons. The summed E-state index contributed by atoms with van der Waals surface area (Å²) in [5.41, 5.74) is 11.1. The van der Waals surface area contributed by atoms with E-state index in [1.807, 2.05) is 39.1 Å². The van der Waals surface area contributed by atoms with Crippen LogP contribution in [0.2, 0.25) is 0 Å². The van der Waals surface area contributed by atoms with Crippen LogP contribution in [0.15, 0.2) is 73.5 Å². The van der Waals surface area contributed by atoms with Crippen molar-refractivity contribution in [3.63, 3.8) is 0 Å². The zero-order chi connectivity index (χ0) is 25.3. The number of benzene rings is 1. The van der Waals surface area contributed by atoms with Crippen molar-refractivity contribution in [1.29, 1.82) is 0 Å². The van der Waals surface area contributed by atoms with Crippen molar-refractivity contribution < 1.29 is 51.4 Å². The van der Waals surface area contributed by atoms with E-state index in [2.05, 4.69) is 74.5 Å². The van der Waals surface area contributed by atoms with Gasteiger partial charge >= 0.3 is 51.4 Å². The summed E-state index contributed by atoms with van der Waals surface area (Å²) in [7, 11) is 1.90.